The molecule has 2 N–H and O–H groups in total. The van der Waals surface area contributed by atoms with Crippen molar-refractivity contribution < 1.29 is 0 Å². The molecule has 1 aromatic heterocycles. The number of H-pyrrole nitrogens is 1. The molecule has 0 atom stereocenters. The highest BCUT2D eigenvalue weighted by molar-refractivity contribution is 5.78. The van der Waals surface area contributed by atoms with E-state index >= 15 is 0 Å². The predicted octanol–water partition coefficient (Wildman–Crippen LogP) is 2.66. The first-order valence-corrected chi connectivity index (χ1v) is 6.27. The molecule has 0 radical (unpaired) electrons. The van der Waals surface area contributed by atoms with E-state index in [1.165, 1.54) is 0 Å². The zero-order chi connectivity index (χ0) is 13.2. The number of rotatable bonds is 3. The summed E-state index contributed by atoms with van der Waals surface area (Å²) >= 11 is 0. The van der Waals surface area contributed by atoms with Gasteiger partial charge in [0.15, 0.2) is 0 Å². The topological polar surface area (TPSA) is 44.9 Å². The molecule has 0 saturated heterocycles. The van der Waals surface area contributed by atoms with Crippen molar-refractivity contribution >= 4 is 10.9 Å². The van der Waals surface area contributed by atoms with Gasteiger partial charge >= 0.3 is 0 Å². The molecule has 2 aromatic rings. The van der Waals surface area contributed by atoms with Gasteiger partial charge in [0.25, 0.3) is 5.56 Å². The highest BCUT2D eigenvalue weighted by Crippen LogP contribution is 2.12. The molecule has 0 fully saturated rings. The van der Waals surface area contributed by atoms with Crippen molar-refractivity contribution in [2.24, 2.45) is 5.41 Å². The van der Waals surface area contributed by atoms with E-state index in [1.54, 1.807) is 0 Å². The van der Waals surface area contributed by atoms with Crippen LogP contribution in [0.1, 0.15) is 26.3 Å². The highest BCUT2D eigenvalue weighted by Gasteiger charge is 2.09. The van der Waals surface area contributed by atoms with Crippen molar-refractivity contribution in [2.45, 2.75) is 27.3 Å². The average molecular weight is 244 g/mol. The molecular formula is C15H20N2O. The number of aromatic nitrogens is 1. The molecule has 0 bridgehead atoms. The molecule has 1 aromatic carbocycles. The molecule has 18 heavy (non-hydrogen) atoms. The van der Waals surface area contributed by atoms with Crippen molar-refractivity contribution in [1.82, 2.24) is 10.3 Å². The Morgan fingerprint density at radius 3 is 2.67 bits per heavy atom. The first-order valence-electron chi connectivity index (χ1n) is 6.27. The van der Waals surface area contributed by atoms with Crippen LogP contribution in [0.15, 0.2) is 35.1 Å². The minimum atomic E-state index is -0.00453. The predicted molar refractivity (Wildman–Crippen MR) is 75.7 cm³/mol. The van der Waals surface area contributed by atoms with Gasteiger partial charge in [-0.05, 0) is 22.9 Å². The fraction of sp³-hybridized carbons (Fsp3) is 0.400. The first kappa shape index (κ1) is 12.8. The second kappa shape index (κ2) is 4.94. The van der Waals surface area contributed by atoms with E-state index in [9.17, 15) is 4.79 Å². The summed E-state index contributed by atoms with van der Waals surface area (Å²) in [6.45, 7) is 8.01. The zero-order valence-electron chi connectivity index (χ0n) is 11.2. The number of benzene rings is 1. The summed E-state index contributed by atoms with van der Waals surface area (Å²) in [6, 6.07) is 9.80. The van der Waals surface area contributed by atoms with Crippen LogP contribution < -0.4 is 10.9 Å². The lowest BCUT2D eigenvalue weighted by Gasteiger charge is -2.18. The molecule has 3 nitrogen and oxygen atoms in total. The molecule has 3 heteroatoms. The quantitative estimate of drug-likeness (QED) is 0.872. The van der Waals surface area contributed by atoms with E-state index in [0.717, 1.165) is 23.0 Å². The van der Waals surface area contributed by atoms with E-state index < -0.39 is 0 Å². The second-order valence-electron chi connectivity index (χ2n) is 5.88. The maximum absolute atomic E-state index is 11.9. The summed E-state index contributed by atoms with van der Waals surface area (Å²) in [4.78, 5) is 14.8. The number of aromatic amines is 1. The molecular weight excluding hydrogens is 224 g/mol. The summed E-state index contributed by atoms with van der Waals surface area (Å²) in [5, 5.41) is 4.40. The van der Waals surface area contributed by atoms with Crippen LogP contribution in [-0.4, -0.2) is 11.5 Å². The van der Waals surface area contributed by atoms with Crippen LogP contribution in [-0.2, 0) is 6.54 Å². The lowest BCUT2D eigenvalue weighted by atomic mass is 9.97. The van der Waals surface area contributed by atoms with Crippen LogP contribution in [0.2, 0.25) is 0 Å². The lowest BCUT2D eigenvalue weighted by Crippen LogP contribution is -2.28. The number of pyridine rings is 1. The third-order valence-corrected chi connectivity index (χ3v) is 2.80. The molecule has 0 spiro atoms. The number of hydrogen-bond donors (Lipinski definition) is 2. The Bertz CT molecular complexity index is 593. The Balaban J connectivity index is 2.18. The second-order valence-corrected chi connectivity index (χ2v) is 5.88. The van der Waals surface area contributed by atoms with Gasteiger partial charge in [-0.1, -0.05) is 39.0 Å². The number of fused-ring (bicyclic) bond motifs is 1. The standard InChI is InChI=1S/C15H20N2O/c1-15(2,3)10-16-9-12-8-11-6-4-5-7-13(11)17-14(12)18/h4-8,16H,9-10H2,1-3H3,(H,17,18). The monoisotopic (exact) mass is 244 g/mol. The van der Waals surface area contributed by atoms with Crippen molar-refractivity contribution in [2.75, 3.05) is 6.54 Å². The van der Waals surface area contributed by atoms with Crippen LogP contribution in [0, 0.1) is 5.41 Å². The fourth-order valence-electron chi connectivity index (χ4n) is 1.90. The van der Waals surface area contributed by atoms with Gasteiger partial charge in [0.05, 0.1) is 0 Å². The van der Waals surface area contributed by atoms with Gasteiger partial charge in [-0.3, -0.25) is 4.79 Å². The van der Waals surface area contributed by atoms with Crippen LogP contribution in [0.4, 0.5) is 0 Å². The van der Waals surface area contributed by atoms with E-state index in [0.29, 0.717) is 6.54 Å². The van der Waals surface area contributed by atoms with Crippen molar-refractivity contribution in [1.29, 1.82) is 0 Å². The van der Waals surface area contributed by atoms with Gasteiger partial charge in [-0.2, -0.15) is 0 Å². The molecule has 0 saturated carbocycles. The van der Waals surface area contributed by atoms with Gasteiger partial charge in [0, 0.05) is 24.2 Å². The molecule has 0 aliphatic heterocycles. The maximum Gasteiger partial charge on any atom is 0.252 e. The van der Waals surface area contributed by atoms with Gasteiger partial charge in [0.1, 0.15) is 0 Å². The van der Waals surface area contributed by atoms with Crippen LogP contribution in [0.3, 0.4) is 0 Å². The summed E-state index contributed by atoms with van der Waals surface area (Å²) in [5.74, 6) is 0. The molecule has 0 aliphatic rings. The number of hydrogen-bond acceptors (Lipinski definition) is 2. The molecule has 0 unspecified atom stereocenters. The number of para-hydroxylation sites is 1. The Morgan fingerprint density at radius 2 is 1.94 bits per heavy atom. The Labute approximate surface area is 107 Å². The highest BCUT2D eigenvalue weighted by atomic mass is 16.1. The maximum atomic E-state index is 11.9. The van der Waals surface area contributed by atoms with Gasteiger partial charge in [-0.25, -0.2) is 0 Å². The SMILES string of the molecule is CC(C)(C)CNCc1cc2ccccc2[nH]c1=O. The Hall–Kier alpha value is -1.61. The largest absolute Gasteiger partial charge is 0.322 e. The van der Waals surface area contributed by atoms with Gasteiger partial charge in [0.2, 0.25) is 0 Å². The first-order chi connectivity index (χ1) is 8.46. The molecule has 96 valence electrons. The van der Waals surface area contributed by atoms with Gasteiger partial charge in [-0.15, -0.1) is 0 Å². The normalized spacial score (nSPS) is 11.9. The minimum Gasteiger partial charge on any atom is -0.322 e. The summed E-state index contributed by atoms with van der Waals surface area (Å²) in [7, 11) is 0. The van der Waals surface area contributed by atoms with E-state index in [1.807, 2.05) is 30.3 Å². The van der Waals surface area contributed by atoms with Gasteiger partial charge < -0.3 is 10.3 Å². The molecule has 0 amide bonds. The Kier molecular flexibility index (Phi) is 3.53. The summed E-state index contributed by atoms with van der Waals surface area (Å²) in [5.41, 5.74) is 1.90. The molecule has 2 rings (SSSR count). The summed E-state index contributed by atoms with van der Waals surface area (Å²) in [6.07, 6.45) is 0. The molecule has 1 heterocycles. The lowest BCUT2D eigenvalue weighted by molar-refractivity contribution is 0.379. The average Bonchev–Trinajstić information content (AvgIpc) is 2.28. The molecule has 0 aliphatic carbocycles. The fourth-order valence-corrected chi connectivity index (χ4v) is 1.90. The third-order valence-electron chi connectivity index (χ3n) is 2.80. The van der Waals surface area contributed by atoms with Crippen LogP contribution >= 0.6 is 0 Å². The zero-order valence-corrected chi connectivity index (χ0v) is 11.2. The van der Waals surface area contributed by atoms with Crippen LogP contribution in [0.25, 0.3) is 10.9 Å². The third kappa shape index (κ3) is 3.20. The van der Waals surface area contributed by atoms with E-state index in [2.05, 4.69) is 31.1 Å². The van der Waals surface area contributed by atoms with Crippen LogP contribution in [0.5, 0.6) is 0 Å². The smallest absolute Gasteiger partial charge is 0.252 e. The Morgan fingerprint density at radius 1 is 1.22 bits per heavy atom. The van der Waals surface area contributed by atoms with Crippen molar-refractivity contribution in [3.8, 4) is 0 Å². The van der Waals surface area contributed by atoms with E-state index in [4.69, 9.17) is 0 Å². The van der Waals surface area contributed by atoms with E-state index in [-0.39, 0.29) is 11.0 Å². The van der Waals surface area contributed by atoms with Crippen molar-refractivity contribution in [3.05, 3.63) is 46.2 Å². The van der Waals surface area contributed by atoms with Crippen molar-refractivity contribution in [3.63, 3.8) is 0 Å². The number of nitrogens with one attached hydrogen (secondary N) is 2. The summed E-state index contributed by atoms with van der Waals surface area (Å²) < 4.78 is 0. The minimum absolute atomic E-state index is 0.00453.